The molecule has 1 N–H and O–H groups in total. The second-order valence-corrected chi connectivity index (χ2v) is 5.71. The Balaban J connectivity index is 1.88. The predicted molar refractivity (Wildman–Crippen MR) is 77.2 cm³/mol. The van der Waals surface area contributed by atoms with Crippen molar-refractivity contribution < 1.29 is 9.90 Å². The zero-order chi connectivity index (χ0) is 13.9. The van der Waals surface area contributed by atoms with Crippen LogP contribution in [0.4, 0.5) is 0 Å². The predicted octanol–water partition coefficient (Wildman–Crippen LogP) is 3.92. The second-order valence-electron chi connectivity index (χ2n) is 5.71. The van der Waals surface area contributed by atoms with Gasteiger partial charge in [-0.1, -0.05) is 24.6 Å². The number of aliphatic carboxylic acids is 1. The van der Waals surface area contributed by atoms with E-state index in [0.29, 0.717) is 0 Å². The Morgan fingerprint density at radius 2 is 1.95 bits per heavy atom. The number of para-hydroxylation sites is 1. The number of carboxylic acids is 1. The molecule has 1 aromatic carbocycles. The third-order valence-electron chi connectivity index (χ3n) is 3.71. The van der Waals surface area contributed by atoms with Crippen LogP contribution in [-0.2, 0) is 11.3 Å². The molecule has 0 aliphatic rings. The van der Waals surface area contributed by atoms with Gasteiger partial charge in [-0.3, -0.25) is 4.79 Å². The van der Waals surface area contributed by atoms with Crippen molar-refractivity contribution in [3.05, 3.63) is 36.5 Å². The van der Waals surface area contributed by atoms with Gasteiger partial charge in [0.1, 0.15) is 0 Å². The molecule has 0 spiro atoms. The average Bonchev–Trinajstić information content (AvgIpc) is 2.78. The summed E-state index contributed by atoms with van der Waals surface area (Å²) in [5.74, 6) is -0.709. The van der Waals surface area contributed by atoms with Crippen LogP contribution in [0.15, 0.2) is 36.5 Å². The molecular formula is C16H21NO2. The first-order valence-corrected chi connectivity index (χ1v) is 6.78. The molecule has 0 unspecified atom stereocenters. The maximum atomic E-state index is 11.0. The van der Waals surface area contributed by atoms with Crippen molar-refractivity contribution >= 4 is 16.9 Å². The number of unbranched alkanes of at least 4 members (excludes halogenated alkanes) is 1. The van der Waals surface area contributed by atoms with E-state index in [0.717, 1.165) is 25.8 Å². The van der Waals surface area contributed by atoms with E-state index >= 15 is 0 Å². The third kappa shape index (κ3) is 3.16. The maximum Gasteiger partial charge on any atom is 0.309 e. The lowest BCUT2D eigenvalue weighted by Gasteiger charge is -2.18. The van der Waals surface area contributed by atoms with Crippen LogP contribution >= 0.6 is 0 Å². The minimum absolute atomic E-state index is 0.612. The highest BCUT2D eigenvalue weighted by molar-refractivity contribution is 5.79. The Morgan fingerprint density at radius 1 is 1.21 bits per heavy atom. The van der Waals surface area contributed by atoms with E-state index in [4.69, 9.17) is 5.11 Å². The zero-order valence-corrected chi connectivity index (χ0v) is 11.6. The van der Waals surface area contributed by atoms with Crippen molar-refractivity contribution in [2.45, 2.75) is 39.7 Å². The van der Waals surface area contributed by atoms with Crippen LogP contribution in [0.1, 0.15) is 33.1 Å². The molecule has 1 heterocycles. The van der Waals surface area contributed by atoms with Crippen LogP contribution in [0, 0.1) is 5.41 Å². The summed E-state index contributed by atoms with van der Waals surface area (Å²) in [7, 11) is 0. The number of carbonyl (C=O) groups is 1. The molecular weight excluding hydrogens is 238 g/mol. The lowest BCUT2D eigenvalue weighted by molar-refractivity contribution is -0.147. The summed E-state index contributed by atoms with van der Waals surface area (Å²) in [6.07, 6.45) is 4.77. The van der Waals surface area contributed by atoms with E-state index in [1.807, 2.05) is 12.1 Å². The SMILES string of the molecule is CC(C)(CCCCn1ccc2ccccc21)C(=O)O. The minimum Gasteiger partial charge on any atom is -0.481 e. The van der Waals surface area contributed by atoms with Gasteiger partial charge in [0.05, 0.1) is 5.41 Å². The largest absolute Gasteiger partial charge is 0.481 e. The molecule has 2 rings (SSSR count). The van der Waals surface area contributed by atoms with Gasteiger partial charge in [0, 0.05) is 18.3 Å². The van der Waals surface area contributed by atoms with Gasteiger partial charge in [0.15, 0.2) is 0 Å². The second kappa shape index (κ2) is 5.47. The first-order valence-electron chi connectivity index (χ1n) is 6.78. The van der Waals surface area contributed by atoms with E-state index in [2.05, 4.69) is 29.0 Å². The minimum atomic E-state index is -0.709. The fraction of sp³-hybridized carbons (Fsp3) is 0.438. The summed E-state index contributed by atoms with van der Waals surface area (Å²) >= 11 is 0. The summed E-state index contributed by atoms with van der Waals surface area (Å²) in [5, 5.41) is 10.3. The number of hydrogen-bond donors (Lipinski definition) is 1. The lowest BCUT2D eigenvalue weighted by Crippen LogP contribution is -2.23. The van der Waals surface area contributed by atoms with Crippen molar-refractivity contribution in [2.75, 3.05) is 0 Å². The third-order valence-corrected chi connectivity index (χ3v) is 3.71. The molecule has 19 heavy (non-hydrogen) atoms. The van der Waals surface area contributed by atoms with Crippen LogP contribution in [0.2, 0.25) is 0 Å². The fourth-order valence-electron chi connectivity index (χ4n) is 2.29. The molecule has 0 amide bonds. The van der Waals surface area contributed by atoms with Crippen molar-refractivity contribution in [3.63, 3.8) is 0 Å². The molecule has 0 radical (unpaired) electrons. The Kier molecular flexibility index (Phi) is 3.93. The first-order chi connectivity index (χ1) is 9.00. The summed E-state index contributed by atoms with van der Waals surface area (Å²) in [6.45, 7) is 4.53. The summed E-state index contributed by atoms with van der Waals surface area (Å²) in [4.78, 5) is 11.0. The summed E-state index contributed by atoms with van der Waals surface area (Å²) < 4.78 is 2.24. The van der Waals surface area contributed by atoms with E-state index in [1.165, 1.54) is 10.9 Å². The van der Waals surface area contributed by atoms with Crippen LogP contribution in [0.3, 0.4) is 0 Å². The quantitative estimate of drug-likeness (QED) is 0.799. The molecule has 2 aromatic rings. The normalized spacial score (nSPS) is 11.9. The number of rotatable bonds is 6. The molecule has 1 aromatic heterocycles. The van der Waals surface area contributed by atoms with E-state index in [1.54, 1.807) is 13.8 Å². The highest BCUT2D eigenvalue weighted by Crippen LogP contribution is 2.24. The van der Waals surface area contributed by atoms with Crippen LogP contribution in [0.5, 0.6) is 0 Å². The molecule has 0 saturated carbocycles. The molecule has 0 atom stereocenters. The fourth-order valence-corrected chi connectivity index (χ4v) is 2.29. The molecule has 0 saturated heterocycles. The maximum absolute atomic E-state index is 11.0. The molecule has 102 valence electrons. The molecule has 0 aliphatic carbocycles. The Labute approximate surface area is 113 Å². The van der Waals surface area contributed by atoms with Gasteiger partial charge in [0.25, 0.3) is 0 Å². The summed E-state index contributed by atoms with van der Waals surface area (Å²) in [6, 6.07) is 10.4. The van der Waals surface area contributed by atoms with Gasteiger partial charge >= 0.3 is 5.97 Å². The molecule has 0 aliphatic heterocycles. The van der Waals surface area contributed by atoms with Crippen molar-refractivity contribution in [2.24, 2.45) is 5.41 Å². The number of fused-ring (bicyclic) bond motifs is 1. The monoisotopic (exact) mass is 259 g/mol. The van der Waals surface area contributed by atoms with Gasteiger partial charge in [-0.15, -0.1) is 0 Å². The van der Waals surface area contributed by atoms with Gasteiger partial charge in [-0.2, -0.15) is 0 Å². The molecule has 3 nitrogen and oxygen atoms in total. The Morgan fingerprint density at radius 3 is 2.68 bits per heavy atom. The van der Waals surface area contributed by atoms with E-state index in [-0.39, 0.29) is 0 Å². The number of carboxylic acid groups (broad SMARTS) is 1. The van der Waals surface area contributed by atoms with Gasteiger partial charge < -0.3 is 9.67 Å². The highest BCUT2D eigenvalue weighted by Gasteiger charge is 2.25. The topological polar surface area (TPSA) is 42.2 Å². The highest BCUT2D eigenvalue weighted by atomic mass is 16.4. The number of nitrogens with zero attached hydrogens (tertiary/aromatic N) is 1. The van der Waals surface area contributed by atoms with Crippen molar-refractivity contribution in [1.82, 2.24) is 4.57 Å². The Bertz CT molecular complexity index is 569. The summed E-state index contributed by atoms with van der Waals surface area (Å²) in [5.41, 5.74) is 0.638. The van der Waals surface area contributed by atoms with Gasteiger partial charge in [-0.05, 0) is 44.2 Å². The van der Waals surface area contributed by atoms with Crippen LogP contribution < -0.4 is 0 Å². The smallest absolute Gasteiger partial charge is 0.309 e. The number of aryl methyl sites for hydroxylation is 1. The van der Waals surface area contributed by atoms with Gasteiger partial charge in [-0.25, -0.2) is 0 Å². The van der Waals surface area contributed by atoms with Crippen LogP contribution in [-0.4, -0.2) is 15.6 Å². The number of benzene rings is 1. The number of aromatic nitrogens is 1. The standard InChI is InChI=1S/C16H21NO2/c1-16(2,15(18)19)10-5-6-11-17-12-9-13-7-3-4-8-14(13)17/h3-4,7-9,12H,5-6,10-11H2,1-2H3,(H,18,19). The van der Waals surface area contributed by atoms with Crippen LogP contribution in [0.25, 0.3) is 10.9 Å². The lowest BCUT2D eigenvalue weighted by atomic mass is 9.87. The molecule has 3 heteroatoms. The van der Waals surface area contributed by atoms with Gasteiger partial charge in [0.2, 0.25) is 0 Å². The molecule has 0 fully saturated rings. The number of hydrogen-bond acceptors (Lipinski definition) is 1. The zero-order valence-electron chi connectivity index (χ0n) is 11.6. The molecule has 0 bridgehead atoms. The van der Waals surface area contributed by atoms with E-state index in [9.17, 15) is 4.79 Å². The Hall–Kier alpha value is -1.77. The van der Waals surface area contributed by atoms with E-state index < -0.39 is 11.4 Å². The van der Waals surface area contributed by atoms with Crippen molar-refractivity contribution in [1.29, 1.82) is 0 Å². The first kappa shape index (κ1) is 13.7. The van der Waals surface area contributed by atoms with Crippen molar-refractivity contribution in [3.8, 4) is 0 Å². The average molecular weight is 259 g/mol.